The van der Waals surface area contributed by atoms with Gasteiger partial charge in [0.2, 0.25) is 0 Å². The van der Waals surface area contributed by atoms with Crippen LogP contribution in [-0.2, 0) is 4.79 Å². The molecular weight excluding hydrogens is 244 g/mol. The van der Waals surface area contributed by atoms with E-state index < -0.39 is 11.5 Å². The number of nitrogens with one attached hydrogen (secondary N) is 1. The number of anilines is 2. The van der Waals surface area contributed by atoms with Gasteiger partial charge in [0.15, 0.2) is 0 Å². The number of aromatic carboxylic acids is 1. The van der Waals surface area contributed by atoms with E-state index in [1.54, 1.807) is 17.0 Å². The molecule has 1 aromatic rings. The molecule has 2 N–H and O–H groups in total. The first-order valence-corrected chi connectivity index (χ1v) is 6.23. The van der Waals surface area contributed by atoms with Crippen LogP contribution in [0.4, 0.5) is 11.4 Å². The number of amides is 1. The van der Waals surface area contributed by atoms with Crippen molar-refractivity contribution >= 4 is 23.3 Å². The molecular formula is C14H18N2O3. The van der Waals surface area contributed by atoms with Gasteiger partial charge in [0.25, 0.3) is 5.91 Å². The van der Waals surface area contributed by atoms with E-state index in [0.717, 1.165) is 5.69 Å². The first-order valence-electron chi connectivity index (χ1n) is 6.23. The zero-order valence-corrected chi connectivity index (χ0v) is 11.5. The molecule has 0 saturated carbocycles. The Morgan fingerprint density at radius 3 is 2.53 bits per heavy atom. The number of benzene rings is 1. The van der Waals surface area contributed by atoms with Crippen LogP contribution in [0.3, 0.4) is 0 Å². The molecule has 1 aliphatic heterocycles. The lowest BCUT2D eigenvalue weighted by molar-refractivity contribution is -0.122. The second-order valence-electron chi connectivity index (χ2n) is 5.56. The first-order chi connectivity index (χ1) is 8.74. The maximum absolute atomic E-state index is 12.4. The van der Waals surface area contributed by atoms with Crippen molar-refractivity contribution in [2.75, 3.05) is 10.2 Å². The van der Waals surface area contributed by atoms with Crippen LogP contribution in [-0.4, -0.2) is 28.6 Å². The van der Waals surface area contributed by atoms with Crippen molar-refractivity contribution in [1.29, 1.82) is 0 Å². The van der Waals surface area contributed by atoms with E-state index in [1.165, 1.54) is 6.07 Å². The highest BCUT2D eigenvalue weighted by atomic mass is 16.4. The fourth-order valence-electron chi connectivity index (χ4n) is 2.28. The Balaban J connectivity index is 2.60. The summed E-state index contributed by atoms with van der Waals surface area (Å²) in [5.74, 6) is -1.05. The van der Waals surface area contributed by atoms with E-state index in [4.69, 9.17) is 5.11 Å². The molecule has 0 aromatic heterocycles. The molecule has 1 aromatic carbocycles. The van der Waals surface area contributed by atoms with Gasteiger partial charge < -0.3 is 15.3 Å². The smallest absolute Gasteiger partial charge is 0.335 e. The highest BCUT2D eigenvalue weighted by Crippen LogP contribution is 2.37. The summed E-state index contributed by atoms with van der Waals surface area (Å²) < 4.78 is 0. The highest BCUT2D eigenvalue weighted by molar-refractivity contribution is 6.08. The molecule has 1 aliphatic rings. The molecule has 102 valence electrons. The molecule has 0 fully saturated rings. The van der Waals surface area contributed by atoms with Crippen molar-refractivity contribution in [3.63, 3.8) is 0 Å². The zero-order valence-electron chi connectivity index (χ0n) is 11.5. The Hall–Kier alpha value is -2.04. The van der Waals surface area contributed by atoms with Crippen molar-refractivity contribution in [3.05, 3.63) is 23.8 Å². The fourth-order valence-corrected chi connectivity index (χ4v) is 2.28. The molecule has 1 amide bonds. The largest absolute Gasteiger partial charge is 0.478 e. The van der Waals surface area contributed by atoms with Crippen LogP contribution in [0.1, 0.15) is 38.1 Å². The van der Waals surface area contributed by atoms with E-state index >= 15 is 0 Å². The van der Waals surface area contributed by atoms with Gasteiger partial charge in [0.1, 0.15) is 5.54 Å². The second kappa shape index (κ2) is 4.26. The Kier molecular flexibility index (Phi) is 3.00. The third kappa shape index (κ3) is 2.16. The standard InChI is InChI=1S/C14H18N2O3/c1-8(2)16-11-7-9(12(17)18)5-6-10(11)15-14(3,4)13(16)19/h5-8,15H,1-4H3,(H,17,18). The van der Waals surface area contributed by atoms with Crippen LogP contribution in [0.2, 0.25) is 0 Å². The lowest BCUT2D eigenvalue weighted by atomic mass is 9.96. The topological polar surface area (TPSA) is 69.6 Å². The maximum atomic E-state index is 12.4. The van der Waals surface area contributed by atoms with Crippen LogP contribution in [0.25, 0.3) is 0 Å². The minimum atomic E-state index is -0.996. The third-order valence-corrected chi connectivity index (χ3v) is 3.22. The number of carbonyl (C=O) groups is 2. The quantitative estimate of drug-likeness (QED) is 0.858. The Morgan fingerprint density at radius 2 is 2.00 bits per heavy atom. The molecule has 0 radical (unpaired) electrons. The Bertz CT molecular complexity index is 550. The minimum absolute atomic E-state index is 0.0309. The van der Waals surface area contributed by atoms with E-state index in [2.05, 4.69) is 5.32 Å². The maximum Gasteiger partial charge on any atom is 0.335 e. The molecule has 0 spiro atoms. The number of carboxylic acids is 1. The lowest BCUT2D eigenvalue weighted by Gasteiger charge is -2.42. The molecule has 5 heteroatoms. The van der Waals surface area contributed by atoms with Crippen LogP contribution >= 0.6 is 0 Å². The normalized spacial score (nSPS) is 17.1. The van der Waals surface area contributed by atoms with Crippen molar-refractivity contribution in [2.45, 2.75) is 39.3 Å². The number of hydrogen-bond donors (Lipinski definition) is 2. The Morgan fingerprint density at radius 1 is 1.37 bits per heavy atom. The molecule has 0 unspecified atom stereocenters. The van der Waals surface area contributed by atoms with Gasteiger partial charge in [-0.15, -0.1) is 0 Å². The van der Waals surface area contributed by atoms with Crippen molar-refractivity contribution in [1.82, 2.24) is 0 Å². The van der Waals surface area contributed by atoms with E-state index in [0.29, 0.717) is 5.69 Å². The summed E-state index contributed by atoms with van der Waals surface area (Å²) in [7, 11) is 0. The first kappa shape index (κ1) is 13.4. The highest BCUT2D eigenvalue weighted by Gasteiger charge is 2.39. The summed E-state index contributed by atoms with van der Waals surface area (Å²) in [6.45, 7) is 7.46. The Labute approximate surface area is 112 Å². The number of nitrogens with zero attached hydrogens (tertiary/aromatic N) is 1. The van der Waals surface area contributed by atoms with Crippen molar-refractivity contribution < 1.29 is 14.7 Å². The van der Waals surface area contributed by atoms with Crippen LogP contribution in [0, 0.1) is 0 Å². The molecule has 0 saturated heterocycles. The van der Waals surface area contributed by atoms with Gasteiger partial charge in [-0.3, -0.25) is 4.79 Å². The summed E-state index contributed by atoms with van der Waals surface area (Å²) in [4.78, 5) is 25.1. The molecule has 1 heterocycles. The van der Waals surface area contributed by atoms with Crippen LogP contribution in [0.5, 0.6) is 0 Å². The van der Waals surface area contributed by atoms with Crippen LogP contribution < -0.4 is 10.2 Å². The molecule has 0 aliphatic carbocycles. The summed E-state index contributed by atoms with van der Waals surface area (Å²) in [5, 5.41) is 12.2. The summed E-state index contributed by atoms with van der Waals surface area (Å²) in [6.07, 6.45) is 0. The van der Waals surface area contributed by atoms with E-state index in [9.17, 15) is 9.59 Å². The van der Waals surface area contributed by atoms with Gasteiger partial charge in [0.05, 0.1) is 16.9 Å². The van der Waals surface area contributed by atoms with Crippen LogP contribution in [0.15, 0.2) is 18.2 Å². The summed E-state index contributed by atoms with van der Waals surface area (Å²) >= 11 is 0. The van der Waals surface area contributed by atoms with Gasteiger partial charge in [-0.05, 0) is 45.9 Å². The van der Waals surface area contributed by atoms with Gasteiger partial charge >= 0.3 is 5.97 Å². The number of rotatable bonds is 2. The van der Waals surface area contributed by atoms with Crippen molar-refractivity contribution in [2.24, 2.45) is 0 Å². The molecule has 2 rings (SSSR count). The second-order valence-corrected chi connectivity index (χ2v) is 5.56. The average Bonchev–Trinajstić information content (AvgIpc) is 2.29. The summed E-state index contributed by atoms with van der Waals surface area (Å²) in [6, 6.07) is 4.76. The number of carboxylic acid groups (broad SMARTS) is 1. The van der Waals surface area contributed by atoms with Gasteiger partial charge in [-0.1, -0.05) is 0 Å². The predicted octanol–water partition coefficient (Wildman–Crippen LogP) is 2.33. The number of fused-ring (bicyclic) bond motifs is 1. The van der Waals surface area contributed by atoms with Gasteiger partial charge in [-0.25, -0.2) is 4.79 Å². The number of carbonyl (C=O) groups excluding carboxylic acids is 1. The minimum Gasteiger partial charge on any atom is -0.478 e. The van der Waals surface area contributed by atoms with E-state index in [1.807, 2.05) is 27.7 Å². The molecule has 0 atom stereocenters. The zero-order chi connectivity index (χ0) is 14.4. The summed E-state index contributed by atoms with van der Waals surface area (Å²) in [5.41, 5.74) is 0.892. The predicted molar refractivity (Wildman–Crippen MR) is 73.7 cm³/mol. The number of hydrogen-bond acceptors (Lipinski definition) is 3. The van der Waals surface area contributed by atoms with Gasteiger partial charge in [-0.2, -0.15) is 0 Å². The molecule has 19 heavy (non-hydrogen) atoms. The van der Waals surface area contributed by atoms with Crippen molar-refractivity contribution in [3.8, 4) is 0 Å². The average molecular weight is 262 g/mol. The van der Waals surface area contributed by atoms with E-state index in [-0.39, 0.29) is 17.5 Å². The lowest BCUT2D eigenvalue weighted by Crippen LogP contribution is -2.56. The van der Waals surface area contributed by atoms with Gasteiger partial charge in [0, 0.05) is 6.04 Å². The molecule has 5 nitrogen and oxygen atoms in total. The third-order valence-electron chi connectivity index (χ3n) is 3.22. The fraction of sp³-hybridized carbons (Fsp3) is 0.429. The SMILES string of the molecule is CC(C)N1C(=O)C(C)(C)Nc2ccc(C(=O)O)cc21. The molecule has 0 bridgehead atoms. The monoisotopic (exact) mass is 262 g/mol.